The summed E-state index contributed by atoms with van der Waals surface area (Å²) < 4.78 is 13.6. The summed E-state index contributed by atoms with van der Waals surface area (Å²) in [7, 11) is 0. The van der Waals surface area contributed by atoms with Crippen molar-refractivity contribution in [3.8, 4) is 44.7 Å². The van der Waals surface area contributed by atoms with Crippen molar-refractivity contribution in [2.45, 2.75) is 0 Å². The molecule has 0 atom stereocenters. The van der Waals surface area contributed by atoms with E-state index in [1.807, 2.05) is 6.07 Å². The number of rotatable bonds is 4. The Hall–Kier alpha value is -6.90. The Bertz CT molecular complexity index is 3100. The lowest BCUT2D eigenvalue weighted by Gasteiger charge is -2.18. The molecule has 0 radical (unpaired) electrons. The van der Waals surface area contributed by atoms with Gasteiger partial charge >= 0.3 is 0 Å². The number of hydrogen-bond acceptors (Lipinski definition) is 2. The predicted molar refractivity (Wildman–Crippen MR) is 218 cm³/mol. The summed E-state index contributed by atoms with van der Waals surface area (Å²) in [5.41, 5.74) is 10.6. The van der Waals surface area contributed by atoms with Gasteiger partial charge in [-0.2, -0.15) is 0 Å². The predicted octanol–water partition coefficient (Wildman–Crippen LogP) is 14.5. The standard InChI is InChI=1S/C50H30O2/c1-3-15-32(16-4-1)46-42-28-29-43-48(50(42)52-49(46)33-17-5-2-6-18-33)41-27-26-34(30-44(41)51-43)45-37-21-9-11-23-39(37)47(40-24-12-10-22-38(40)45)36-25-13-19-31-14-7-8-20-35(31)36/h1-30H. The third-order valence-electron chi connectivity index (χ3n) is 10.7. The van der Waals surface area contributed by atoms with Gasteiger partial charge in [0.15, 0.2) is 0 Å². The van der Waals surface area contributed by atoms with Crippen molar-refractivity contribution in [1.29, 1.82) is 0 Å². The molecule has 0 saturated carbocycles. The van der Waals surface area contributed by atoms with Crippen LogP contribution >= 0.6 is 0 Å². The van der Waals surface area contributed by atoms with Gasteiger partial charge in [-0.3, -0.25) is 0 Å². The lowest BCUT2D eigenvalue weighted by Crippen LogP contribution is -1.91. The van der Waals surface area contributed by atoms with E-state index in [4.69, 9.17) is 8.83 Å². The molecule has 2 heteroatoms. The highest BCUT2D eigenvalue weighted by Crippen LogP contribution is 2.48. The zero-order valence-corrected chi connectivity index (χ0v) is 28.1. The third-order valence-corrected chi connectivity index (χ3v) is 10.7. The molecule has 0 spiro atoms. The van der Waals surface area contributed by atoms with E-state index in [9.17, 15) is 0 Å². The summed E-state index contributed by atoms with van der Waals surface area (Å²) in [5.74, 6) is 0.865. The summed E-state index contributed by atoms with van der Waals surface area (Å²) in [6.07, 6.45) is 0. The van der Waals surface area contributed by atoms with Gasteiger partial charge in [0.1, 0.15) is 22.5 Å². The average Bonchev–Trinajstić information content (AvgIpc) is 3.79. The molecular formula is C50H30O2. The molecule has 0 aliphatic heterocycles. The quantitative estimate of drug-likeness (QED) is 0.175. The Morgan fingerprint density at radius 1 is 0.308 bits per heavy atom. The fourth-order valence-electron chi connectivity index (χ4n) is 8.43. The Morgan fingerprint density at radius 2 is 0.885 bits per heavy atom. The number of fused-ring (bicyclic) bond motifs is 8. The molecule has 2 heterocycles. The topological polar surface area (TPSA) is 26.3 Å². The highest BCUT2D eigenvalue weighted by Gasteiger charge is 2.23. The van der Waals surface area contributed by atoms with Crippen LogP contribution in [0.1, 0.15) is 0 Å². The molecule has 0 aliphatic rings. The van der Waals surface area contributed by atoms with Crippen LogP contribution in [0.5, 0.6) is 0 Å². The molecule has 11 rings (SSSR count). The number of benzene rings is 9. The third kappa shape index (κ3) is 4.25. The lowest BCUT2D eigenvalue weighted by molar-refractivity contribution is 0.634. The molecule has 0 fully saturated rings. The van der Waals surface area contributed by atoms with Gasteiger partial charge in [-0.25, -0.2) is 0 Å². The molecule has 2 nitrogen and oxygen atoms in total. The molecule has 0 bridgehead atoms. The van der Waals surface area contributed by atoms with E-state index in [2.05, 4.69) is 176 Å². The van der Waals surface area contributed by atoms with Gasteiger partial charge in [0.2, 0.25) is 0 Å². The minimum atomic E-state index is 0.814. The molecule has 11 aromatic rings. The second-order valence-corrected chi connectivity index (χ2v) is 13.5. The van der Waals surface area contributed by atoms with Crippen molar-refractivity contribution < 1.29 is 8.83 Å². The summed E-state index contributed by atoms with van der Waals surface area (Å²) in [4.78, 5) is 0. The molecule has 0 amide bonds. The second kappa shape index (κ2) is 11.3. The smallest absolute Gasteiger partial charge is 0.147 e. The second-order valence-electron chi connectivity index (χ2n) is 13.5. The maximum absolute atomic E-state index is 6.88. The first-order valence-electron chi connectivity index (χ1n) is 17.8. The van der Waals surface area contributed by atoms with E-state index in [0.717, 1.165) is 60.9 Å². The van der Waals surface area contributed by atoms with Crippen LogP contribution in [0.25, 0.3) is 110 Å². The van der Waals surface area contributed by atoms with Crippen LogP contribution < -0.4 is 0 Å². The minimum Gasteiger partial charge on any atom is -0.456 e. The number of hydrogen-bond donors (Lipinski definition) is 0. The zero-order valence-electron chi connectivity index (χ0n) is 28.1. The number of furan rings is 2. The van der Waals surface area contributed by atoms with E-state index in [1.165, 1.54) is 49.0 Å². The van der Waals surface area contributed by atoms with Crippen molar-refractivity contribution in [2.75, 3.05) is 0 Å². The molecule has 9 aromatic carbocycles. The molecular weight excluding hydrogens is 633 g/mol. The monoisotopic (exact) mass is 662 g/mol. The van der Waals surface area contributed by atoms with Gasteiger partial charge < -0.3 is 8.83 Å². The molecule has 0 saturated heterocycles. The van der Waals surface area contributed by atoms with Crippen molar-refractivity contribution >= 4 is 65.2 Å². The van der Waals surface area contributed by atoms with E-state index >= 15 is 0 Å². The highest BCUT2D eigenvalue weighted by atomic mass is 16.3. The van der Waals surface area contributed by atoms with E-state index in [-0.39, 0.29) is 0 Å². The Balaban J connectivity index is 1.17. The minimum absolute atomic E-state index is 0.814. The van der Waals surface area contributed by atoms with Crippen molar-refractivity contribution in [3.05, 3.63) is 182 Å². The Morgan fingerprint density at radius 3 is 1.60 bits per heavy atom. The molecule has 0 aliphatic carbocycles. The van der Waals surface area contributed by atoms with E-state index < -0.39 is 0 Å². The first kappa shape index (κ1) is 28.9. The normalized spacial score (nSPS) is 11.8. The van der Waals surface area contributed by atoms with Crippen molar-refractivity contribution in [2.24, 2.45) is 0 Å². The van der Waals surface area contributed by atoms with Crippen LogP contribution in [0.3, 0.4) is 0 Å². The van der Waals surface area contributed by atoms with Gasteiger partial charge in [0.25, 0.3) is 0 Å². The largest absolute Gasteiger partial charge is 0.456 e. The zero-order chi connectivity index (χ0) is 34.2. The average molecular weight is 663 g/mol. The fourth-order valence-corrected chi connectivity index (χ4v) is 8.43. The summed E-state index contributed by atoms with van der Waals surface area (Å²) >= 11 is 0. The van der Waals surface area contributed by atoms with Crippen LogP contribution in [0.15, 0.2) is 191 Å². The summed E-state index contributed by atoms with van der Waals surface area (Å²) in [6.45, 7) is 0. The highest BCUT2D eigenvalue weighted by molar-refractivity contribution is 6.25. The molecule has 2 aromatic heterocycles. The van der Waals surface area contributed by atoms with Gasteiger partial charge in [-0.15, -0.1) is 0 Å². The first-order chi connectivity index (χ1) is 25.8. The maximum atomic E-state index is 6.88. The van der Waals surface area contributed by atoms with Crippen LogP contribution in [0.2, 0.25) is 0 Å². The Kier molecular flexibility index (Phi) is 6.28. The fraction of sp³-hybridized carbons (Fsp3) is 0. The molecule has 0 N–H and O–H groups in total. The van der Waals surface area contributed by atoms with Crippen LogP contribution in [0.4, 0.5) is 0 Å². The SMILES string of the molecule is c1ccc(-c2oc3c(ccc4oc5cc(-c6c7ccccc7c(-c7cccc8ccccc78)c7ccccc67)ccc5c43)c2-c2ccccc2)cc1. The van der Waals surface area contributed by atoms with Crippen LogP contribution in [-0.2, 0) is 0 Å². The Labute approximate surface area is 299 Å². The van der Waals surface area contributed by atoms with E-state index in [1.54, 1.807) is 0 Å². The van der Waals surface area contributed by atoms with Crippen LogP contribution in [0, 0.1) is 0 Å². The van der Waals surface area contributed by atoms with Crippen molar-refractivity contribution in [3.63, 3.8) is 0 Å². The summed E-state index contributed by atoms with van der Waals surface area (Å²) in [6, 6.07) is 64.8. The van der Waals surface area contributed by atoms with Gasteiger partial charge in [0.05, 0.1) is 5.39 Å². The van der Waals surface area contributed by atoms with Gasteiger partial charge in [-0.1, -0.05) is 158 Å². The molecule has 242 valence electrons. The van der Waals surface area contributed by atoms with Gasteiger partial charge in [-0.05, 0) is 84.4 Å². The summed E-state index contributed by atoms with van der Waals surface area (Å²) in [5, 5.41) is 10.5. The van der Waals surface area contributed by atoms with Crippen molar-refractivity contribution in [1.82, 2.24) is 0 Å². The maximum Gasteiger partial charge on any atom is 0.147 e. The van der Waals surface area contributed by atoms with Crippen LogP contribution in [-0.4, -0.2) is 0 Å². The molecule has 0 unspecified atom stereocenters. The van der Waals surface area contributed by atoms with E-state index in [0.29, 0.717) is 0 Å². The lowest BCUT2D eigenvalue weighted by atomic mass is 9.84. The molecule has 52 heavy (non-hydrogen) atoms. The van der Waals surface area contributed by atoms with Gasteiger partial charge in [0, 0.05) is 21.9 Å². The first-order valence-corrected chi connectivity index (χ1v) is 17.8.